The number of carbonyl (C=O) groups is 1. The van der Waals surface area contributed by atoms with Gasteiger partial charge >= 0.3 is 5.76 Å². The minimum Gasteiger partial charge on any atom is -0.408 e. The zero-order valence-electron chi connectivity index (χ0n) is 16.2. The minimum absolute atomic E-state index is 0.0629. The number of nitro groups is 1. The van der Waals surface area contributed by atoms with Gasteiger partial charge in [0.2, 0.25) is 5.91 Å². The largest absolute Gasteiger partial charge is 0.420 e. The molecule has 0 aliphatic carbocycles. The Morgan fingerprint density at radius 1 is 1.17 bits per heavy atom. The number of fused-ring (bicyclic) bond motifs is 1. The van der Waals surface area contributed by atoms with E-state index in [0.717, 1.165) is 0 Å². The lowest BCUT2D eigenvalue weighted by molar-refractivity contribution is -0.384. The summed E-state index contributed by atoms with van der Waals surface area (Å²) >= 11 is 5.89. The van der Waals surface area contributed by atoms with Gasteiger partial charge in [-0.15, -0.1) is 0 Å². The summed E-state index contributed by atoms with van der Waals surface area (Å²) in [5, 5.41) is 11.7. The lowest BCUT2D eigenvalue weighted by Crippen LogP contribution is -2.51. The second-order valence-electron chi connectivity index (χ2n) is 7.08. The summed E-state index contributed by atoms with van der Waals surface area (Å²) in [5.41, 5.74) is 1.41. The maximum Gasteiger partial charge on any atom is 0.420 e. The van der Waals surface area contributed by atoms with E-state index in [1.165, 1.54) is 10.6 Å². The van der Waals surface area contributed by atoms with E-state index in [1.807, 2.05) is 4.90 Å². The average Bonchev–Trinajstić information content (AvgIpc) is 3.08. The number of hydrogen-bond acceptors (Lipinski definition) is 6. The van der Waals surface area contributed by atoms with Gasteiger partial charge < -0.3 is 14.2 Å². The fourth-order valence-corrected chi connectivity index (χ4v) is 3.97. The van der Waals surface area contributed by atoms with Gasteiger partial charge in [-0.1, -0.05) is 23.7 Å². The molecule has 1 aromatic heterocycles. The molecule has 1 amide bonds. The average molecular weight is 431 g/mol. The molecular weight excluding hydrogens is 412 g/mol. The Kier molecular flexibility index (Phi) is 5.21. The second-order valence-corrected chi connectivity index (χ2v) is 7.52. The third-order valence-corrected chi connectivity index (χ3v) is 5.56. The number of carbonyl (C=O) groups excluding carboxylic acids is 1. The second kappa shape index (κ2) is 7.83. The van der Waals surface area contributed by atoms with Crippen molar-refractivity contribution in [2.75, 3.05) is 31.1 Å². The Balaban J connectivity index is 1.50. The van der Waals surface area contributed by atoms with E-state index in [1.54, 1.807) is 48.2 Å². The van der Waals surface area contributed by atoms with Crippen LogP contribution < -0.4 is 10.7 Å². The van der Waals surface area contributed by atoms with Crippen molar-refractivity contribution in [3.8, 4) is 0 Å². The van der Waals surface area contributed by atoms with Crippen molar-refractivity contribution in [2.24, 2.45) is 0 Å². The monoisotopic (exact) mass is 430 g/mol. The number of nitrogens with zero attached hydrogens (tertiary/aromatic N) is 4. The van der Waals surface area contributed by atoms with Crippen LogP contribution >= 0.6 is 11.6 Å². The summed E-state index contributed by atoms with van der Waals surface area (Å²) in [6, 6.07) is 10.8. The number of benzene rings is 2. The van der Waals surface area contributed by atoms with Crippen molar-refractivity contribution in [3.63, 3.8) is 0 Å². The van der Waals surface area contributed by atoms with Gasteiger partial charge in [-0.05, 0) is 31.2 Å². The molecule has 0 spiro atoms. The van der Waals surface area contributed by atoms with Crippen molar-refractivity contribution in [2.45, 2.75) is 13.0 Å². The van der Waals surface area contributed by atoms with Gasteiger partial charge in [0, 0.05) is 37.3 Å². The SMILES string of the molecule is CC(C(=O)N1CCN(c2ccc(Cl)cc2[N+](=O)[O-])CC1)n1c(=O)oc2ccccc21. The molecule has 0 saturated carbocycles. The zero-order valence-corrected chi connectivity index (χ0v) is 16.9. The number of aromatic nitrogens is 1. The molecule has 0 N–H and O–H groups in total. The van der Waals surface area contributed by atoms with Crippen LogP contribution in [0.5, 0.6) is 0 Å². The van der Waals surface area contributed by atoms with E-state index in [9.17, 15) is 19.7 Å². The van der Waals surface area contributed by atoms with Crippen molar-refractivity contribution in [1.82, 2.24) is 9.47 Å². The highest BCUT2D eigenvalue weighted by Gasteiger charge is 2.30. The van der Waals surface area contributed by atoms with Gasteiger partial charge in [-0.25, -0.2) is 4.79 Å². The molecule has 2 heterocycles. The Morgan fingerprint density at radius 3 is 2.57 bits per heavy atom. The topological polar surface area (TPSA) is 102 Å². The first-order valence-electron chi connectivity index (χ1n) is 9.44. The molecule has 1 aliphatic rings. The number of oxazole rings is 1. The molecule has 10 heteroatoms. The molecule has 9 nitrogen and oxygen atoms in total. The first-order valence-corrected chi connectivity index (χ1v) is 9.82. The van der Waals surface area contributed by atoms with Crippen LogP contribution in [0.25, 0.3) is 11.1 Å². The van der Waals surface area contributed by atoms with E-state index in [0.29, 0.717) is 48.0 Å². The molecule has 4 rings (SSSR count). The van der Waals surface area contributed by atoms with Gasteiger partial charge in [-0.3, -0.25) is 19.5 Å². The fraction of sp³-hybridized carbons (Fsp3) is 0.300. The lowest BCUT2D eigenvalue weighted by atomic mass is 10.2. The molecule has 156 valence electrons. The van der Waals surface area contributed by atoms with E-state index >= 15 is 0 Å². The van der Waals surface area contributed by atoms with Gasteiger partial charge in [0.25, 0.3) is 5.69 Å². The summed E-state index contributed by atoms with van der Waals surface area (Å²) in [4.78, 5) is 39.7. The number of piperazine rings is 1. The number of hydrogen-bond donors (Lipinski definition) is 0. The molecule has 0 bridgehead atoms. The quantitative estimate of drug-likeness (QED) is 0.465. The Hall–Kier alpha value is -3.33. The van der Waals surface area contributed by atoms with Crippen LogP contribution in [0.3, 0.4) is 0 Å². The number of amides is 1. The summed E-state index contributed by atoms with van der Waals surface area (Å²) in [7, 11) is 0. The van der Waals surface area contributed by atoms with Gasteiger partial charge in [0.1, 0.15) is 11.7 Å². The number of anilines is 1. The molecule has 1 fully saturated rings. The van der Waals surface area contributed by atoms with E-state index in [2.05, 4.69) is 0 Å². The van der Waals surface area contributed by atoms with E-state index in [-0.39, 0.29) is 11.6 Å². The van der Waals surface area contributed by atoms with Gasteiger partial charge in [-0.2, -0.15) is 0 Å². The molecule has 1 unspecified atom stereocenters. The standard InChI is InChI=1S/C20H19ClN4O5/c1-13(24-16-4-2-3-5-18(16)30-20(24)27)19(26)23-10-8-22(9-11-23)15-7-6-14(21)12-17(15)25(28)29/h2-7,12-13H,8-11H2,1H3. The van der Waals surface area contributed by atoms with Crippen LogP contribution in [0.1, 0.15) is 13.0 Å². The van der Waals surface area contributed by atoms with Crippen LogP contribution in [0, 0.1) is 10.1 Å². The smallest absolute Gasteiger partial charge is 0.408 e. The number of halogens is 1. The molecule has 3 aromatic rings. The predicted octanol–water partition coefficient (Wildman–Crippen LogP) is 3.07. The molecular formula is C20H19ClN4O5. The Bertz CT molecular complexity index is 1180. The lowest BCUT2D eigenvalue weighted by Gasteiger charge is -2.36. The van der Waals surface area contributed by atoms with Gasteiger partial charge in [0.05, 0.1) is 10.4 Å². The summed E-state index contributed by atoms with van der Waals surface area (Å²) in [6.07, 6.45) is 0. The number of rotatable bonds is 4. The maximum absolute atomic E-state index is 13.0. The van der Waals surface area contributed by atoms with Gasteiger partial charge in [0.15, 0.2) is 5.58 Å². The van der Waals surface area contributed by atoms with E-state index < -0.39 is 16.7 Å². The van der Waals surface area contributed by atoms with Crippen LogP contribution in [0.4, 0.5) is 11.4 Å². The highest BCUT2D eigenvalue weighted by Crippen LogP contribution is 2.32. The van der Waals surface area contributed by atoms with Crippen LogP contribution in [0.15, 0.2) is 51.7 Å². The van der Waals surface area contributed by atoms with Crippen molar-refractivity contribution in [1.29, 1.82) is 0 Å². The third-order valence-electron chi connectivity index (χ3n) is 5.33. The summed E-state index contributed by atoms with van der Waals surface area (Å²) in [5.74, 6) is -0.776. The maximum atomic E-state index is 13.0. The van der Waals surface area contributed by atoms with Crippen LogP contribution in [0.2, 0.25) is 5.02 Å². The number of nitro benzene ring substituents is 1. The summed E-state index contributed by atoms with van der Waals surface area (Å²) in [6.45, 7) is 3.30. The minimum atomic E-state index is -0.724. The first-order chi connectivity index (χ1) is 14.4. The molecule has 1 atom stereocenters. The Labute approximate surface area is 176 Å². The number of para-hydroxylation sites is 2. The predicted molar refractivity (Wildman–Crippen MR) is 112 cm³/mol. The zero-order chi connectivity index (χ0) is 21.4. The van der Waals surface area contributed by atoms with Crippen molar-refractivity contribution in [3.05, 3.63) is 68.2 Å². The molecule has 1 aliphatic heterocycles. The molecule has 1 saturated heterocycles. The van der Waals surface area contributed by atoms with Crippen LogP contribution in [-0.2, 0) is 4.79 Å². The highest BCUT2D eigenvalue weighted by molar-refractivity contribution is 6.30. The Morgan fingerprint density at radius 2 is 1.87 bits per heavy atom. The molecule has 2 aromatic carbocycles. The van der Waals surface area contributed by atoms with E-state index in [4.69, 9.17) is 16.0 Å². The highest BCUT2D eigenvalue weighted by atomic mass is 35.5. The molecule has 0 radical (unpaired) electrons. The van der Waals surface area contributed by atoms with Crippen LogP contribution in [-0.4, -0.2) is 46.5 Å². The first kappa shape index (κ1) is 20.0. The third kappa shape index (κ3) is 3.52. The van der Waals surface area contributed by atoms with Crippen molar-refractivity contribution >= 4 is 40.0 Å². The van der Waals surface area contributed by atoms with Crippen molar-refractivity contribution < 1.29 is 14.1 Å². The molecule has 30 heavy (non-hydrogen) atoms. The summed E-state index contributed by atoms with van der Waals surface area (Å²) < 4.78 is 6.59. The normalized spacial score (nSPS) is 15.4. The fourth-order valence-electron chi connectivity index (χ4n) is 3.80.